The Morgan fingerprint density at radius 2 is 2.00 bits per heavy atom. The van der Waals surface area contributed by atoms with Crippen molar-refractivity contribution in [2.75, 3.05) is 25.7 Å². The average molecular weight is 425 g/mol. The minimum Gasteiger partial charge on any atom is -0.497 e. The summed E-state index contributed by atoms with van der Waals surface area (Å²) >= 11 is 1.30. The van der Waals surface area contributed by atoms with Crippen LogP contribution >= 0.6 is 11.3 Å². The second-order valence-electron chi connectivity index (χ2n) is 6.93. The zero-order valence-electron chi connectivity index (χ0n) is 16.1. The fourth-order valence-corrected chi connectivity index (χ4v) is 5.72. The number of methoxy groups -OCH3 is 1. The van der Waals surface area contributed by atoms with E-state index >= 15 is 0 Å². The van der Waals surface area contributed by atoms with Crippen molar-refractivity contribution in [2.24, 2.45) is 0 Å². The van der Waals surface area contributed by atoms with Crippen LogP contribution in [0.1, 0.15) is 29.8 Å². The smallest absolute Gasteiger partial charge is 0.323 e. The molecule has 1 heterocycles. The first-order valence-electron chi connectivity index (χ1n) is 8.96. The number of carbonyl (C=O) groups is 1. The summed E-state index contributed by atoms with van der Waals surface area (Å²) < 4.78 is 29.1. The Bertz CT molecular complexity index is 927. The lowest BCUT2D eigenvalue weighted by Crippen LogP contribution is -2.46. The van der Waals surface area contributed by atoms with E-state index in [0.29, 0.717) is 24.4 Å². The fraction of sp³-hybridized carbons (Fsp3) is 0.500. The molecule has 2 atom stereocenters. The maximum atomic E-state index is 12.6. The summed E-state index contributed by atoms with van der Waals surface area (Å²) in [5.74, 6) is 0.788. The van der Waals surface area contributed by atoms with Gasteiger partial charge in [-0.15, -0.1) is 10.2 Å². The third-order valence-electron chi connectivity index (χ3n) is 4.98. The van der Waals surface area contributed by atoms with Crippen LogP contribution in [0.3, 0.4) is 0 Å². The lowest BCUT2D eigenvalue weighted by atomic mass is 10.1. The monoisotopic (exact) mass is 424 g/mol. The second kappa shape index (κ2) is 8.44. The molecule has 1 aliphatic carbocycles. The van der Waals surface area contributed by atoms with Gasteiger partial charge in [0.2, 0.25) is 5.13 Å². The summed E-state index contributed by atoms with van der Waals surface area (Å²) in [6.45, 7) is 0. The second-order valence-corrected chi connectivity index (χ2v) is 10.3. The molecule has 2 aromatic rings. The first kappa shape index (κ1) is 20.5. The molecule has 0 unspecified atom stereocenters. The Balaban J connectivity index is 1.61. The average Bonchev–Trinajstić information content (AvgIpc) is 3.31. The molecule has 0 spiro atoms. The van der Waals surface area contributed by atoms with Gasteiger partial charge in [-0.2, -0.15) is 0 Å². The highest BCUT2D eigenvalue weighted by molar-refractivity contribution is 7.91. The number of anilines is 1. The highest BCUT2D eigenvalue weighted by Gasteiger charge is 2.39. The summed E-state index contributed by atoms with van der Waals surface area (Å²) in [5.41, 5.74) is 1.06. The van der Waals surface area contributed by atoms with E-state index in [2.05, 4.69) is 15.5 Å². The highest BCUT2D eigenvalue weighted by atomic mass is 32.2. The van der Waals surface area contributed by atoms with Crippen molar-refractivity contribution in [3.05, 3.63) is 34.8 Å². The van der Waals surface area contributed by atoms with Crippen molar-refractivity contribution >= 4 is 32.3 Å². The van der Waals surface area contributed by atoms with Gasteiger partial charge in [0.25, 0.3) is 0 Å². The van der Waals surface area contributed by atoms with E-state index < -0.39 is 15.1 Å². The maximum Gasteiger partial charge on any atom is 0.323 e. The lowest BCUT2D eigenvalue weighted by molar-refractivity contribution is 0.205. The number of hydrogen-bond acceptors (Lipinski definition) is 7. The Morgan fingerprint density at radius 3 is 2.64 bits per heavy atom. The van der Waals surface area contributed by atoms with Crippen LogP contribution < -0.4 is 10.1 Å². The predicted molar refractivity (Wildman–Crippen MR) is 109 cm³/mol. The Morgan fingerprint density at radius 1 is 1.29 bits per heavy atom. The van der Waals surface area contributed by atoms with Gasteiger partial charge in [0, 0.05) is 25.8 Å². The number of hydrogen-bond donors (Lipinski definition) is 1. The van der Waals surface area contributed by atoms with Gasteiger partial charge in [-0.05, 0) is 37.0 Å². The Hall–Kier alpha value is -2.20. The molecule has 1 saturated carbocycles. The molecule has 1 aromatic heterocycles. The van der Waals surface area contributed by atoms with Gasteiger partial charge in [-0.3, -0.25) is 5.32 Å². The minimum absolute atomic E-state index is 0.318. The Kier molecular flexibility index (Phi) is 6.19. The minimum atomic E-state index is -3.19. The van der Waals surface area contributed by atoms with Crippen LogP contribution in [0.2, 0.25) is 0 Å². The number of ether oxygens (including phenoxy) is 1. The number of nitrogens with zero attached hydrogens (tertiary/aromatic N) is 3. The summed E-state index contributed by atoms with van der Waals surface area (Å²) in [6, 6.07) is 6.99. The van der Waals surface area contributed by atoms with Crippen molar-refractivity contribution in [3.8, 4) is 5.75 Å². The van der Waals surface area contributed by atoms with Crippen LogP contribution in [-0.4, -0.2) is 61.3 Å². The molecule has 1 N–H and O–H groups in total. The number of rotatable bonds is 6. The normalized spacial score (nSPS) is 19.4. The summed E-state index contributed by atoms with van der Waals surface area (Å²) in [5, 5.41) is 11.6. The number of aromatic nitrogens is 2. The lowest BCUT2D eigenvalue weighted by Gasteiger charge is -2.28. The van der Waals surface area contributed by atoms with Crippen LogP contribution in [-0.2, 0) is 16.3 Å². The van der Waals surface area contributed by atoms with Crippen LogP contribution in [0.5, 0.6) is 5.75 Å². The molecule has 1 aliphatic rings. The summed E-state index contributed by atoms with van der Waals surface area (Å²) in [6.07, 6.45) is 3.90. The van der Waals surface area contributed by atoms with Gasteiger partial charge < -0.3 is 9.64 Å². The van der Waals surface area contributed by atoms with E-state index in [0.717, 1.165) is 22.7 Å². The standard InChI is InChI=1S/C18H24N4O4S2/c1-22(14-5-4-6-15(14)28(3,24)25)18(23)19-17-21-20-16(27-17)11-12-7-9-13(26-2)10-8-12/h7-10,14-15H,4-6,11H2,1-3H3,(H,19,21,23)/t14-,15+/m0/s1. The zero-order chi connectivity index (χ0) is 20.3. The van der Waals surface area contributed by atoms with Crippen LogP contribution in [0.15, 0.2) is 24.3 Å². The van der Waals surface area contributed by atoms with Crippen molar-refractivity contribution in [3.63, 3.8) is 0 Å². The number of sulfone groups is 1. The maximum absolute atomic E-state index is 12.6. The molecular formula is C18H24N4O4S2. The van der Waals surface area contributed by atoms with E-state index in [1.54, 1.807) is 14.2 Å². The molecule has 3 rings (SSSR count). The molecule has 28 heavy (non-hydrogen) atoms. The molecule has 2 amide bonds. The molecule has 8 nitrogen and oxygen atoms in total. The third-order valence-corrected chi connectivity index (χ3v) is 7.47. The molecule has 1 aromatic carbocycles. The van der Waals surface area contributed by atoms with Crippen molar-refractivity contribution in [1.29, 1.82) is 0 Å². The van der Waals surface area contributed by atoms with Gasteiger partial charge in [0.15, 0.2) is 9.84 Å². The summed E-state index contributed by atoms with van der Waals surface area (Å²) in [7, 11) is 0.0536. The van der Waals surface area contributed by atoms with E-state index in [-0.39, 0.29) is 12.1 Å². The third kappa shape index (κ3) is 4.79. The topological polar surface area (TPSA) is 101 Å². The molecule has 0 radical (unpaired) electrons. The predicted octanol–water partition coefficient (Wildman–Crippen LogP) is 2.57. The number of urea groups is 1. The highest BCUT2D eigenvalue weighted by Crippen LogP contribution is 2.29. The number of carbonyl (C=O) groups excluding carboxylic acids is 1. The van der Waals surface area contributed by atoms with Crippen molar-refractivity contribution in [2.45, 2.75) is 37.0 Å². The van der Waals surface area contributed by atoms with E-state index in [1.807, 2.05) is 24.3 Å². The first-order chi connectivity index (χ1) is 13.3. The molecule has 0 aliphatic heterocycles. The van der Waals surface area contributed by atoms with E-state index in [1.165, 1.54) is 22.5 Å². The molecule has 0 saturated heterocycles. The van der Waals surface area contributed by atoms with Gasteiger partial charge in [-0.1, -0.05) is 23.5 Å². The van der Waals surface area contributed by atoms with Gasteiger partial charge in [0.05, 0.1) is 12.4 Å². The first-order valence-corrected chi connectivity index (χ1v) is 11.7. The van der Waals surface area contributed by atoms with Crippen molar-refractivity contribution < 1.29 is 17.9 Å². The number of benzene rings is 1. The molecule has 0 bridgehead atoms. The van der Waals surface area contributed by atoms with E-state index in [4.69, 9.17) is 4.74 Å². The van der Waals surface area contributed by atoms with Crippen LogP contribution in [0, 0.1) is 0 Å². The largest absolute Gasteiger partial charge is 0.497 e. The van der Waals surface area contributed by atoms with Gasteiger partial charge >= 0.3 is 6.03 Å². The molecule has 152 valence electrons. The zero-order valence-corrected chi connectivity index (χ0v) is 17.7. The van der Waals surface area contributed by atoms with Crippen LogP contribution in [0.4, 0.5) is 9.93 Å². The molecular weight excluding hydrogens is 400 g/mol. The molecule has 1 fully saturated rings. The fourth-order valence-electron chi connectivity index (χ4n) is 3.47. The van der Waals surface area contributed by atoms with Gasteiger partial charge in [0.1, 0.15) is 10.8 Å². The van der Waals surface area contributed by atoms with Crippen molar-refractivity contribution in [1.82, 2.24) is 15.1 Å². The van der Waals surface area contributed by atoms with Crippen LogP contribution in [0.25, 0.3) is 0 Å². The molecule has 10 heteroatoms. The summed E-state index contributed by atoms with van der Waals surface area (Å²) in [4.78, 5) is 14.0. The Labute approximate surface area is 168 Å². The number of amides is 2. The number of nitrogens with one attached hydrogen (secondary N) is 1. The SMILES string of the molecule is COc1ccc(Cc2nnc(NC(=O)N(C)[C@H]3CCC[C@H]3S(C)(=O)=O)s2)cc1. The van der Waals surface area contributed by atoms with Gasteiger partial charge in [-0.25, -0.2) is 13.2 Å². The van der Waals surface area contributed by atoms with E-state index in [9.17, 15) is 13.2 Å². The quantitative estimate of drug-likeness (QED) is 0.765.